The van der Waals surface area contributed by atoms with Crippen LogP contribution >= 0.6 is 22.6 Å². The van der Waals surface area contributed by atoms with Gasteiger partial charge in [0.05, 0.1) is 145 Å². The molecule has 0 bridgehead atoms. The van der Waals surface area contributed by atoms with Crippen LogP contribution in [0.25, 0.3) is 0 Å². The Hall–Kier alpha value is -9.03. The predicted octanol–water partition coefficient (Wildman–Crippen LogP) is 10.1. The summed E-state index contributed by atoms with van der Waals surface area (Å²) in [6.45, 7) is 27.2. The standard InChI is InChI=1S/C19H20F3N5O3.C17H26N4O4.C13H8F3NO2.C12H18IN3O2.C5H9NO2/c1-10-6-27-16(15(5-23-27)26-7-11(2)30-9-17(26)28)8-25(10)19(29)24-12-3-13(20)18(22)14(21)4-12;1-11-7-21-14(9-19(11)16(23)25-17(3,4)5)13(6-18-21)20-8-12(2)24-10-15(20)22;14-10-6-8(7-11(15)12(10)16)17-13(18)19-9-4-2-1-3-5-9;1-8-6-16-10(9(13)5-14-16)7-15(8)11(17)18-12(2,3)4;1-4-2-6-5(7)3-8-4/h3-5,10-11H,6-9H2,1-2H3,(H,24,29);6,11-12H,7-10H2,1-5H3;1-7H,(H,17,18);5,8H,6-7H2,1-4H3;4H,2-3H2,1H3,(H,6,7)/t10-,11?;11-,12?;;8-;/m00.0./s1. The summed E-state index contributed by atoms with van der Waals surface area (Å²) in [6.07, 6.45) is 3.62. The number of rotatable bonds is 5. The van der Waals surface area contributed by atoms with E-state index in [1.807, 2.05) is 91.7 Å². The monoisotopic (exact) mass is 1520 g/mol. The minimum Gasteiger partial charge on any atom is -0.444 e. The number of para-hydroxylation sites is 1. The van der Waals surface area contributed by atoms with Crippen LogP contribution in [0.5, 0.6) is 5.75 Å². The molecule has 100 heavy (non-hydrogen) atoms. The number of benzene rings is 3. The molecule has 34 heteroatoms. The van der Waals surface area contributed by atoms with E-state index in [-0.39, 0.29) is 110 Å². The Balaban J connectivity index is 0.000000166. The van der Waals surface area contributed by atoms with Crippen molar-refractivity contribution in [2.75, 3.05) is 59.9 Å². The number of ether oxygens (including phenoxy) is 6. The van der Waals surface area contributed by atoms with Crippen LogP contribution in [-0.4, -0.2) is 173 Å². The lowest BCUT2D eigenvalue weighted by molar-refractivity contribution is -0.132. The van der Waals surface area contributed by atoms with Crippen LogP contribution in [-0.2, 0) is 77.3 Å². The molecule has 542 valence electrons. The van der Waals surface area contributed by atoms with Crippen molar-refractivity contribution in [3.05, 3.63) is 129 Å². The molecular weight excluding hydrogens is 1440 g/mol. The Kier molecular flexibility index (Phi) is 25.3. The van der Waals surface area contributed by atoms with Crippen LogP contribution < -0.4 is 30.5 Å². The lowest BCUT2D eigenvalue weighted by Crippen LogP contribution is -2.49. The third-order valence-corrected chi connectivity index (χ3v) is 16.6. The first-order valence-electron chi connectivity index (χ1n) is 31.9. The number of urea groups is 1. The van der Waals surface area contributed by atoms with Gasteiger partial charge in [-0.25, -0.2) is 45.5 Å². The van der Waals surface area contributed by atoms with E-state index in [1.54, 1.807) is 61.8 Å². The van der Waals surface area contributed by atoms with Crippen LogP contribution in [0.2, 0.25) is 0 Å². The van der Waals surface area contributed by atoms with E-state index in [2.05, 4.69) is 53.8 Å². The number of morpholine rings is 3. The summed E-state index contributed by atoms with van der Waals surface area (Å²) in [5, 5.41) is 20.2. The van der Waals surface area contributed by atoms with Gasteiger partial charge in [-0.2, -0.15) is 15.3 Å². The van der Waals surface area contributed by atoms with Crippen molar-refractivity contribution < 1.29 is 88.3 Å². The summed E-state index contributed by atoms with van der Waals surface area (Å²) >= 11 is 2.25. The largest absolute Gasteiger partial charge is 0.444 e. The Morgan fingerprint density at radius 2 is 0.940 bits per heavy atom. The number of anilines is 4. The summed E-state index contributed by atoms with van der Waals surface area (Å²) in [4.78, 5) is 92.0. The van der Waals surface area contributed by atoms with Crippen LogP contribution in [0.15, 0.2) is 73.2 Å². The molecule has 3 fully saturated rings. The van der Waals surface area contributed by atoms with E-state index in [9.17, 15) is 59.9 Å². The maximum absolute atomic E-state index is 13.5. The topological polar surface area (TPSA) is 281 Å². The summed E-state index contributed by atoms with van der Waals surface area (Å²) in [7, 11) is 0. The van der Waals surface area contributed by atoms with Crippen LogP contribution in [0.1, 0.15) is 100 Å². The molecule has 6 aliphatic rings. The zero-order chi connectivity index (χ0) is 73.2. The zero-order valence-corrected chi connectivity index (χ0v) is 59.4. The zero-order valence-electron chi connectivity index (χ0n) is 57.2. The maximum atomic E-state index is 13.5. The second kappa shape index (κ2) is 33.0. The van der Waals surface area contributed by atoms with E-state index < -0.39 is 58.2 Å². The quantitative estimate of drug-likeness (QED) is 0.0822. The van der Waals surface area contributed by atoms with Gasteiger partial charge in [0.2, 0.25) is 5.91 Å². The molecule has 27 nitrogen and oxygen atoms in total. The molecule has 3 aromatic heterocycles. The number of hydrogen-bond acceptors (Lipinski definition) is 16. The molecule has 0 radical (unpaired) electrons. The summed E-state index contributed by atoms with van der Waals surface area (Å²) in [5.74, 6) is -8.79. The van der Waals surface area contributed by atoms with E-state index in [0.717, 1.165) is 27.2 Å². The van der Waals surface area contributed by atoms with Crippen molar-refractivity contribution in [3.63, 3.8) is 0 Å². The van der Waals surface area contributed by atoms with Gasteiger partial charge in [-0.3, -0.25) is 43.5 Å². The molecule has 9 heterocycles. The van der Waals surface area contributed by atoms with Gasteiger partial charge < -0.3 is 53.8 Å². The Bertz CT molecular complexity index is 3890. The summed E-state index contributed by atoms with van der Waals surface area (Å²) in [5.41, 5.74) is 2.51. The first kappa shape index (κ1) is 76.7. The van der Waals surface area contributed by atoms with Gasteiger partial charge in [0.15, 0.2) is 34.9 Å². The molecule has 6 atom stereocenters. The second-order valence-electron chi connectivity index (χ2n) is 26.3. The molecular formula is C66H81F6IN14O13. The molecule has 0 saturated carbocycles. The number of amides is 8. The fourth-order valence-electron chi connectivity index (χ4n) is 10.6. The molecule has 0 aliphatic carbocycles. The molecule has 3 aromatic carbocycles. The number of halogens is 7. The minimum atomic E-state index is -1.60. The van der Waals surface area contributed by atoms with Gasteiger partial charge in [-0.1, -0.05) is 18.2 Å². The highest BCUT2D eigenvalue weighted by molar-refractivity contribution is 14.1. The van der Waals surface area contributed by atoms with E-state index in [1.165, 1.54) is 17.0 Å². The van der Waals surface area contributed by atoms with Gasteiger partial charge in [0, 0.05) is 36.5 Å². The SMILES string of the molecule is CC1CN(c2cnn3c2CN(C(=O)Nc2cc(F)c(F)c(F)c2)[C@@H](C)C3)C(=O)CO1.CC1CN(c2cnn3c2CN(C(=O)OC(C)(C)C)[C@@H](C)C3)C(=O)CO1.CC1CNC(=O)CO1.C[C@H]1Cn2ncc(I)c2CN1C(=O)OC(C)(C)C.O=C(Nc1cc(F)c(F)c(F)c1)Oc1ccccc1. The third-order valence-electron chi connectivity index (χ3n) is 15.7. The fraction of sp³-hybridized carbons (Fsp3) is 0.485. The molecule has 6 aromatic rings. The highest BCUT2D eigenvalue weighted by Crippen LogP contribution is 2.33. The molecule has 12 rings (SSSR count). The highest BCUT2D eigenvalue weighted by atomic mass is 127. The Morgan fingerprint density at radius 3 is 1.37 bits per heavy atom. The van der Waals surface area contributed by atoms with Gasteiger partial charge in [-0.05, 0) is 118 Å². The first-order chi connectivity index (χ1) is 47.0. The number of carbonyl (C=O) groups is 7. The average molecular weight is 1520 g/mol. The van der Waals surface area contributed by atoms with Gasteiger partial charge in [-0.15, -0.1) is 0 Å². The lowest BCUT2D eigenvalue weighted by Gasteiger charge is -2.37. The molecule has 0 spiro atoms. The smallest absolute Gasteiger partial charge is 0.417 e. The van der Waals surface area contributed by atoms with E-state index in [0.29, 0.717) is 81.5 Å². The van der Waals surface area contributed by atoms with Crippen molar-refractivity contribution in [1.29, 1.82) is 0 Å². The second-order valence-corrected chi connectivity index (χ2v) is 27.4. The van der Waals surface area contributed by atoms with Crippen LogP contribution in [0, 0.1) is 38.5 Å². The van der Waals surface area contributed by atoms with Crippen molar-refractivity contribution in [2.24, 2.45) is 0 Å². The normalized spacial score (nSPS) is 20.4. The first-order valence-corrected chi connectivity index (χ1v) is 33.0. The average Bonchev–Trinajstić information content (AvgIpc) is 1.64. The van der Waals surface area contributed by atoms with Crippen molar-refractivity contribution in [1.82, 2.24) is 49.4 Å². The lowest BCUT2D eigenvalue weighted by atomic mass is 10.1. The van der Waals surface area contributed by atoms with Gasteiger partial charge in [0.25, 0.3) is 11.8 Å². The van der Waals surface area contributed by atoms with Gasteiger partial charge >= 0.3 is 24.3 Å². The van der Waals surface area contributed by atoms with Crippen LogP contribution in [0.4, 0.5) is 68.3 Å². The molecule has 6 aliphatic heterocycles. The summed E-state index contributed by atoms with van der Waals surface area (Å²) < 4.78 is 117. The molecule has 3 saturated heterocycles. The van der Waals surface area contributed by atoms with E-state index >= 15 is 0 Å². The number of nitrogens with zero attached hydrogens (tertiary/aromatic N) is 11. The molecule has 3 N–H and O–H groups in total. The number of fused-ring (bicyclic) bond motifs is 3. The fourth-order valence-corrected chi connectivity index (χ4v) is 11.2. The van der Waals surface area contributed by atoms with Crippen LogP contribution in [0.3, 0.4) is 0 Å². The number of carbonyl (C=O) groups excluding carboxylic acids is 7. The Labute approximate surface area is 586 Å². The molecule has 3 unspecified atom stereocenters. The van der Waals surface area contributed by atoms with Gasteiger partial charge in [0.1, 0.15) is 36.8 Å². The summed E-state index contributed by atoms with van der Waals surface area (Å²) in [6, 6.07) is 10.0. The predicted molar refractivity (Wildman–Crippen MR) is 359 cm³/mol. The number of hydrogen-bond donors (Lipinski definition) is 3. The molecule has 8 amide bonds. The Morgan fingerprint density at radius 1 is 0.540 bits per heavy atom. The maximum Gasteiger partial charge on any atom is 0.417 e. The number of aromatic nitrogens is 6. The van der Waals surface area contributed by atoms with Crippen molar-refractivity contribution in [2.45, 2.75) is 170 Å². The third kappa shape index (κ3) is 20.3. The van der Waals surface area contributed by atoms with E-state index in [4.69, 9.17) is 28.4 Å². The highest BCUT2D eigenvalue weighted by Gasteiger charge is 2.38. The van der Waals surface area contributed by atoms with Crippen molar-refractivity contribution >= 4 is 87.4 Å². The minimum absolute atomic E-state index is 0.0110. The van der Waals surface area contributed by atoms with Crippen molar-refractivity contribution in [3.8, 4) is 5.75 Å². The number of nitrogens with one attached hydrogen (secondary N) is 3.